The van der Waals surface area contributed by atoms with Crippen LogP contribution in [0.15, 0.2) is 0 Å². The van der Waals surface area contributed by atoms with Gasteiger partial charge in [0.1, 0.15) is 0 Å². The van der Waals surface area contributed by atoms with Gasteiger partial charge in [0.2, 0.25) is 5.91 Å². The smallest absolute Gasteiger partial charge is 0.239 e. The molecule has 2 fully saturated rings. The van der Waals surface area contributed by atoms with E-state index in [1.165, 1.54) is 0 Å². The summed E-state index contributed by atoms with van der Waals surface area (Å²) in [6.45, 7) is 5.05. The van der Waals surface area contributed by atoms with Gasteiger partial charge in [-0.15, -0.1) is 0 Å². The second kappa shape index (κ2) is 4.69. The van der Waals surface area contributed by atoms with Gasteiger partial charge >= 0.3 is 0 Å². The van der Waals surface area contributed by atoms with E-state index in [1.807, 2.05) is 18.9 Å². The van der Waals surface area contributed by atoms with E-state index in [0.717, 1.165) is 26.1 Å². The highest BCUT2D eigenvalue weighted by Crippen LogP contribution is 2.20. The summed E-state index contributed by atoms with van der Waals surface area (Å²) >= 11 is 0. The number of likely N-dealkylation sites (tertiary alicyclic amines) is 1. The fourth-order valence-corrected chi connectivity index (χ4v) is 2.61. The molecule has 5 heteroatoms. The molecule has 2 aliphatic rings. The Morgan fingerprint density at radius 3 is 2.81 bits per heavy atom. The number of ether oxygens (including phenoxy) is 1. The minimum atomic E-state index is 0.0467. The predicted octanol–water partition coefficient (Wildman–Crippen LogP) is -0.735. The van der Waals surface area contributed by atoms with Crippen molar-refractivity contribution in [2.24, 2.45) is 5.73 Å². The summed E-state index contributed by atoms with van der Waals surface area (Å²) < 4.78 is 5.70. The van der Waals surface area contributed by atoms with Crippen LogP contribution in [-0.2, 0) is 9.53 Å². The van der Waals surface area contributed by atoms with Crippen LogP contribution in [0.5, 0.6) is 0 Å². The van der Waals surface area contributed by atoms with Crippen molar-refractivity contribution >= 4 is 5.91 Å². The molecule has 0 aliphatic carbocycles. The van der Waals surface area contributed by atoms with E-state index >= 15 is 0 Å². The van der Waals surface area contributed by atoms with Crippen LogP contribution >= 0.6 is 0 Å². The number of carbonyl (C=O) groups excluding carboxylic acids is 1. The Balaban J connectivity index is 2.01. The van der Waals surface area contributed by atoms with Crippen LogP contribution in [0.3, 0.4) is 0 Å². The SMILES string of the molecule is CC1CN(C2CCN(C)C2=O)CC(CN)O1. The monoisotopic (exact) mass is 227 g/mol. The summed E-state index contributed by atoms with van der Waals surface area (Å²) in [7, 11) is 1.87. The Labute approximate surface area is 96.5 Å². The number of hydrogen-bond acceptors (Lipinski definition) is 4. The van der Waals surface area contributed by atoms with Gasteiger partial charge in [-0.05, 0) is 13.3 Å². The minimum absolute atomic E-state index is 0.0467. The van der Waals surface area contributed by atoms with Crippen LogP contribution in [0.2, 0.25) is 0 Å². The standard InChI is InChI=1S/C11H21N3O2/c1-8-6-14(7-9(5-12)16-8)10-3-4-13(2)11(10)15/h8-10H,3-7,12H2,1-2H3. The zero-order chi connectivity index (χ0) is 11.7. The molecule has 92 valence electrons. The zero-order valence-electron chi connectivity index (χ0n) is 10.1. The predicted molar refractivity (Wildman–Crippen MR) is 61.0 cm³/mol. The third-order valence-corrected chi connectivity index (χ3v) is 3.46. The molecule has 16 heavy (non-hydrogen) atoms. The molecule has 5 nitrogen and oxygen atoms in total. The molecule has 0 bridgehead atoms. The summed E-state index contributed by atoms with van der Waals surface area (Å²) in [5.41, 5.74) is 5.64. The van der Waals surface area contributed by atoms with Gasteiger partial charge in [-0.2, -0.15) is 0 Å². The van der Waals surface area contributed by atoms with Crippen LogP contribution < -0.4 is 5.73 Å². The molecule has 2 rings (SSSR count). The van der Waals surface area contributed by atoms with Crippen molar-refractivity contribution in [1.82, 2.24) is 9.80 Å². The zero-order valence-corrected chi connectivity index (χ0v) is 10.1. The van der Waals surface area contributed by atoms with Crippen LogP contribution in [0.4, 0.5) is 0 Å². The Bertz CT molecular complexity index is 272. The first-order valence-electron chi connectivity index (χ1n) is 5.96. The molecule has 0 aromatic carbocycles. The van der Waals surface area contributed by atoms with Gasteiger partial charge in [-0.25, -0.2) is 0 Å². The molecule has 2 heterocycles. The molecule has 0 aromatic heterocycles. The molecule has 2 saturated heterocycles. The van der Waals surface area contributed by atoms with Crippen molar-refractivity contribution in [2.45, 2.75) is 31.6 Å². The van der Waals surface area contributed by atoms with E-state index in [-0.39, 0.29) is 24.2 Å². The topological polar surface area (TPSA) is 58.8 Å². The van der Waals surface area contributed by atoms with E-state index in [2.05, 4.69) is 4.90 Å². The molecule has 1 amide bonds. The highest BCUT2D eigenvalue weighted by molar-refractivity contribution is 5.83. The number of likely N-dealkylation sites (N-methyl/N-ethyl adjacent to an activating group) is 1. The van der Waals surface area contributed by atoms with Crippen LogP contribution in [-0.4, -0.2) is 67.2 Å². The van der Waals surface area contributed by atoms with Crippen molar-refractivity contribution in [2.75, 3.05) is 33.2 Å². The van der Waals surface area contributed by atoms with Crippen molar-refractivity contribution in [3.8, 4) is 0 Å². The van der Waals surface area contributed by atoms with E-state index in [4.69, 9.17) is 10.5 Å². The highest BCUT2D eigenvalue weighted by Gasteiger charge is 2.37. The van der Waals surface area contributed by atoms with E-state index < -0.39 is 0 Å². The maximum Gasteiger partial charge on any atom is 0.239 e. The lowest BCUT2D eigenvalue weighted by atomic mass is 10.1. The normalized spacial score (nSPS) is 37.1. The second-order valence-corrected chi connectivity index (χ2v) is 4.82. The Kier molecular flexibility index (Phi) is 3.47. The largest absolute Gasteiger partial charge is 0.371 e. The van der Waals surface area contributed by atoms with Crippen LogP contribution in [0.1, 0.15) is 13.3 Å². The molecule has 0 radical (unpaired) electrons. The number of nitrogens with zero attached hydrogens (tertiary/aromatic N) is 2. The number of rotatable bonds is 2. The molecule has 2 aliphatic heterocycles. The minimum Gasteiger partial charge on any atom is -0.371 e. The van der Waals surface area contributed by atoms with Crippen molar-refractivity contribution < 1.29 is 9.53 Å². The first kappa shape index (κ1) is 11.8. The first-order valence-corrected chi connectivity index (χ1v) is 5.96. The van der Waals surface area contributed by atoms with Gasteiger partial charge in [-0.1, -0.05) is 0 Å². The van der Waals surface area contributed by atoms with Gasteiger partial charge in [-0.3, -0.25) is 9.69 Å². The van der Waals surface area contributed by atoms with Crippen molar-refractivity contribution in [3.05, 3.63) is 0 Å². The Hall–Kier alpha value is -0.650. The van der Waals surface area contributed by atoms with Gasteiger partial charge in [0, 0.05) is 33.2 Å². The quantitative estimate of drug-likeness (QED) is 0.675. The van der Waals surface area contributed by atoms with Crippen molar-refractivity contribution in [3.63, 3.8) is 0 Å². The molecule has 3 unspecified atom stereocenters. The third-order valence-electron chi connectivity index (χ3n) is 3.46. The molecule has 2 N–H and O–H groups in total. The van der Waals surface area contributed by atoms with Gasteiger partial charge in [0.05, 0.1) is 18.2 Å². The van der Waals surface area contributed by atoms with Crippen LogP contribution in [0, 0.1) is 0 Å². The fraction of sp³-hybridized carbons (Fsp3) is 0.909. The lowest BCUT2D eigenvalue weighted by molar-refractivity contribution is -0.136. The van der Waals surface area contributed by atoms with E-state index in [0.29, 0.717) is 6.54 Å². The summed E-state index contributed by atoms with van der Waals surface area (Å²) in [4.78, 5) is 16.0. The lowest BCUT2D eigenvalue weighted by Gasteiger charge is -2.38. The third kappa shape index (κ3) is 2.21. The maximum atomic E-state index is 11.9. The Morgan fingerprint density at radius 2 is 2.25 bits per heavy atom. The summed E-state index contributed by atoms with van der Waals surface area (Å²) in [5, 5.41) is 0. The second-order valence-electron chi connectivity index (χ2n) is 4.82. The first-order chi connectivity index (χ1) is 7.61. The van der Waals surface area contributed by atoms with E-state index in [9.17, 15) is 4.79 Å². The Morgan fingerprint density at radius 1 is 1.50 bits per heavy atom. The molecule has 0 aromatic rings. The molecule has 0 saturated carbocycles. The van der Waals surface area contributed by atoms with Crippen molar-refractivity contribution in [1.29, 1.82) is 0 Å². The average molecular weight is 227 g/mol. The highest BCUT2D eigenvalue weighted by atomic mass is 16.5. The lowest BCUT2D eigenvalue weighted by Crippen LogP contribution is -2.54. The molecule has 3 atom stereocenters. The molecule has 0 spiro atoms. The number of hydrogen-bond donors (Lipinski definition) is 1. The number of carbonyl (C=O) groups is 1. The van der Waals surface area contributed by atoms with Gasteiger partial charge in [0.25, 0.3) is 0 Å². The van der Waals surface area contributed by atoms with Gasteiger partial charge in [0.15, 0.2) is 0 Å². The number of amides is 1. The summed E-state index contributed by atoms with van der Waals surface area (Å²) in [6.07, 6.45) is 1.17. The summed E-state index contributed by atoms with van der Waals surface area (Å²) in [6, 6.07) is 0.0467. The number of morpholine rings is 1. The summed E-state index contributed by atoms with van der Waals surface area (Å²) in [5.74, 6) is 0.241. The molecular formula is C11H21N3O2. The number of nitrogens with two attached hydrogens (primary N) is 1. The van der Waals surface area contributed by atoms with E-state index in [1.54, 1.807) is 0 Å². The maximum absolute atomic E-state index is 11.9. The van der Waals surface area contributed by atoms with Gasteiger partial charge < -0.3 is 15.4 Å². The van der Waals surface area contributed by atoms with Crippen LogP contribution in [0.25, 0.3) is 0 Å². The fourth-order valence-electron chi connectivity index (χ4n) is 2.61. The average Bonchev–Trinajstić information content (AvgIpc) is 2.59. The molecular weight excluding hydrogens is 206 g/mol.